The Morgan fingerprint density at radius 2 is 1.86 bits per heavy atom. The highest BCUT2D eigenvalue weighted by molar-refractivity contribution is 5.60. The second-order valence-corrected chi connectivity index (χ2v) is 8.09. The first-order valence-electron chi connectivity index (χ1n) is 10.0. The molecule has 2 atom stereocenters. The smallest absolute Gasteiger partial charge is 0.118 e. The van der Waals surface area contributed by atoms with E-state index in [1.165, 1.54) is 22.8 Å². The van der Waals surface area contributed by atoms with E-state index in [0.29, 0.717) is 11.8 Å². The summed E-state index contributed by atoms with van der Waals surface area (Å²) in [5.74, 6) is 3.49. The van der Waals surface area contributed by atoms with Gasteiger partial charge in [0, 0.05) is 43.9 Å². The van der Waals surface area contributed by atoms with Crippen LogP contribution in [0.3, 0.4) is 0 Å². The van der Waals surface area contributed by atoms with E-state index >= 15 is 0 Å². The van der Waals surface area contributed by atoms with Crippen LogP contribution in [0.15, 0.2) is 48.7 Å². The van der Waals surface area contributed by atoms with Gasteiger partial charge < -0.3 is 9.30 Å². The number of ether oxygens (including phenoxy) is 1. The summed E-state index contributed by atoms with van der Waals surface area (Å²) < 4.78 is 7.72. The molecule has 4 heterocycles. The van der Waals surface area contributed by atoms with E-state index in [2.05, 4.69) is 51.7 Å². The van der Waals surface area contributed by atoms with Crippen molar-refractivity contribution >= 4 is 0 Å². The zero-order chi connectivity index (χ0) is 19.1. The van der Waals surface area contributed by atoms with Crippen LogP contribution in [0.2, 0.25) is 0 Å². The Morgan fingerprint density at radius 1 is 1.04 bits per heavy atom. The molecule has 2 aromatic heterocycles. The summed E-state index contributed by atoms with van der Waals surface area (Å²) in [6, 6.07) is 14.6. The molecule has 144 valence electrons. The van der Waals surface area contributed by atoms with E-state index in [9.17, 15) is 0 Å². The summed E-state index contributed by atoms with van der Waals surface area (Å²) in [4.78, 5) is 12.0. The van der Waals surface area contributed by atoms with E-state index < -0.39 is 0 Å². The summed E-state index contributed by atoms with van der Waals surface area (Å²) in [6.07, 6.45) is 3.10. The van der Waals surface area contributed by atoms with Crippen LogP contribution in [0.25, 0.3) is 11.3 Å². The third-order valence-corrected chi connectivity index (χ3v) is 6.17. The second-order valence-electron chi connectivity index (χ2n) is 8.09. The van der Waals surface area contributed by atoms with Gasteiger partial charge in [-0.25, -0.2) is 4.98 Å². The molecule has 0 spiro atoms. The average Bonchev–Trinajstić information content (AvgIpc) is 3.28. The Labute approximate surface area is 166 Å². The van der Waals surface area contributed by atoms with Crippen molar-refractivity contribution in [1.82, 2.24) is 19.4 Å². The molecule has 2 unspecified atom stereocenters. The SMILES string of the molecule is COc1ccc(-c2cnc3n2CC2CN(Cc4cccc(C)n4)CC2C3)cc1. The summed E-state index contributed by atoms with van der Waals surface area (Å²) in [5.41, 5.74) is 4.69. The molecule has 0 bridgehead atoms. The van der Waals surface area contributed by atoms with Gasteiger partial charge >= 0.3 is 0 Å². The molecule has 1 fully saturated rings. The van der Waals surface area contributed by atoms with Crippen LogP contribution in [-0.4, -0.2) is 39.6 Å². The minimum atomic E-state index is 0.684. The zero-order valence-electron chi connectivity index (χ0n) is 16.5. The van der Waals surface area contributed by atoms with E-state index in [0.717, 1.165) is 44.0 Å². The molecule has 2 aliphatic rings. The van der Waals surface area contributed by atoms with Crippen LogP contribution in [-0.2, 0) is 19.5 Å². The highest BCUT2D eigenvalue weighted by Crippen LogP contribution is 2.36. The maximum Gasteiger partial charge on any atom is 0.118 e. The maximum absolute atomic E-state index is 5.29. The van der Waals surface area contributed by atoms with Gasteiger partial charge in [0.15, 0.2) is 0 Å². The predicted octanol–water partition coefficient (Wildman–Crippen LogP) is 3.57. The Morgan fingerprint density at radius 3 is 2.64 bits per heavy atom. The molecule has 0 aliphatic carbocycles. The van der Waals surface area contributed by atoms with Gasteiger partial charge in [-0.15, -0.1) is 0 Å². The minimum Gasteiger partial charge on any atom is -0.497 e. The third-order valence-electron chi connectivity index (χ3n) is 6.17. The number of hydrogen-bond acceptors (Lipinski definition) is 4. The second kappa shape index (κ2) is 7.06. The van der Waals surface area contributed by atoms with E-state index in [1.54, 1.807) is 7.11 Å². The van der Waals surface area contributed by atoms with Gasteiger partial charge in [0.1, 0.15) is 11.6 Å². The van der Waals surface area contributed by atoms with Gasteiger partial charge in [0.05, 0.1) is 24.7 Å². The Hall–Kier alpha value is -2.66. The fourth-order valence-corrected chi connectivity index (χ4v) is 4.76. The van der Waals surface area contributed by atoms with Crippen molar-refractivity contribution in [2.45, 2.75) is 26.4 Å². The Bertz CT molecular complexity index is 979. The fourth-order valence-electron chi connectivity index (χ4n) is 4.76. The first kappa shape index (κ1) is 17.4. The van der Waals surface area contributed by atoms with Gasteiger partial charge in [0.2, 0.25) is 0 Å². The molecular weight excluding hydrogens is 348 g/mol. The summed E-state index contributed by atoms with van der Waals surface area (Å²) >= 11 is 0. The molecule has 5 rings (SSSR count). The van der Waals surface area contributed by atoms with Crippen molar-refractivity contribution in [2.75, 3.05) is 20.2 Å². The van der Waals surface area contributed by atoms with Crippen LogP contribution in [0.5, 0.6) is 5.75 Å². The monoisotopic (exact) mass is 374 g/mol. The molecule has 1 saturated heterocycles. The summed E-state index contributed by atoms with van der Waals surface area (Å²) in [5, 5.41) is 0. The van der Waals surface area contributed by atoms with Crippen molar-refractivity contribution < 1.29 is 4.74 Å². The first-order chi connectivity index (χ1) is 13.7. The molecule has 0 radical (unpaired) electrons. The van der Waals surface area contributed by atoms with Gasteiger partial charge in [-0.05, 0) is 55.2 Å². The zero-order valence-corrected chi connectivity index (χ0v) is 16.5. The van der Waals surface area contributed by atoms with Crippen LogP contribution in [0.1, 0.15) is 17.2 Å². The lowest BCUT2D eigenvalue weighted by atomic mass is 9.89. The number of likely N-dealkylation sites (tertiary alicyclic amines) is 1. The van der Waals surface area contributed by atoms with E-state index in [4.69, 9.17) is 9.72 Å². The minimum absolute atomic E-state index is 0.684. The van der Waals surface area contributed by atoms with Gasteiger partial charge in [-0.3, -0.25) is 9.88 Å². The molecule has 3 aromatic rings. The predicted molar refractivity (Wildman–Crippen MR) is 109 cm³/mol. The third kappa shape index (κ3) is 3.20. The van der Waals surface area contributed by atoms with Gasteiger partial charge in [0.25, 0.3) is 0 Å². The quantitative estimate of drug-likeness (QED) is 0.700. The molecule has 5 heteroatoms. The number of aromatic nitrogens is 3. The average molecular weight is 374 g/mol. The van der Waals surface area contributed by atoms with Crippen LogP contribution >= 0.6 is 0 Å². The molecule has 5 nitrogen and oxygen atoms in total. The van der Waals surface area contributed by atoms with E-state index in [1.807, 2.05) is 18.3 Å². The summed E-state index contributed by atoms with van der Waals surface area (Å²) in [6.45, 7) is 6.35. The highest BCUT2D eigenvalue weighted by atomic mass is 16.5. The van der Waals surface area contributed by atoms with Crippen LogP contribution in [0.4, 0.5) is 0 Å². The van der Waals surface area contributed by atoms with Gasteiger partial charge in [-0.1, -0.05) is 6.07 Å². The molecule has 1 aromatic carbocycles. The number of pyridine rings is 1. The molecular formula is C23H26N4O. The number of hydrogen-bond donors (Lipinski definition) is 0. The van der Waals surface area contributed by atoms with Crippen molar-refractivity contribution in [3.8, 4) is 17.0 Å². The van der Waals surface area contributed by atoms with Crippen molar-refractivity contribution in [3.63, 3.8) is 0 Å². The first-order valence-corrected chi connectivity index (χ1v) is 10.0. The number of benzene rings is 1. The Balaban J connectivity index is 1.33. The number of aryl methyl sites for hydroxylation is 1. The lowest BCUT2D eigenvalue weighted by molar-refractivity contribution is 0.304. The molecule has 28 heavy (non-hydrogen) atoms. The standard InChI is InChI=1S/C23H26N4O/c1-16-4-3-5-20(25-16)15-26-12-18-10-23-24-11-22(27(23)14-19(18)13-26)17-6-8-21(28-2)9-7-17/h3-9,11,18-19H,10,12-15H2,1-2H3. The molecule has 2 aliphatic heterocycles. The topological polar surface area (TPSA) is 43.2 Å². The normalized spacial score (nSPS) is 21.4. The maximum atomic E-state index is 5.29. The number of rotatable bonds is 4. The van der Waals surface area contributed by atoms with Crippen molar-refractivity contribution in [2.24, 2.45) is 11.8 Å². The van der Waals surface area contributed by atoms with Crippen LogP contribution in [0, 0.1) is 18.8 Å². The number of nitrogens with zero attached hydrogens (tertiary/aromatic N) is 4. The van der Waals surface area contributed by atoms with Gasteiger partial charge in [-0.2, -0.15) is 0 Å². The molecule has 0 N–H and O–H groups in total. The molecule has 0 saturated carbocycles. The van der Waals surface area contributed by atoms with Crippen LogP contribution < -0.4 is 4.74 Å². The lowest BCUT2D eigenvalue weighted by Crippen LogP contribution is -2.28. The molecule has 0 amide bonds. The lowest BCUT2D eigenvalue weighted by Gasteiger charge is -2.27. The largest absolute Gasteiger partial charge is 0.497 e. The van der Waals surface area contributed by atoms with Crippen molar-refractivity contribution in [3.05, 3.63) is 65.9 Å². The number of methoxy groups -OCH3 is 1. The van der Waals surface area contributed by atoms with E-state index in [-0.39, 0.29) is 0 Å². The summed E-state index contributed by atoms with van der Waals surface area (Å²) in [7, 11) is 1.70. The van der Waals surface area contributed by atoms with Crippen molar-refractivity contribution in [1.29, 1.82) is 0 Å². The number of fused-ring (bicyclic) bond motifs is 2. The fraction of sp³-hybridized carbons (Fsp3) is 0.391. The number of imidazole rings is 1. The Kier molecular flexibility index (Phi) is 4.40. The highest BCUT2D eigenvalue weighted by Gasteiger charge is 2.38.